The van der Waals surface area contributed by atoms with E-state index in [1.807, 2.05) is 30.3 Å². The number of amides is 2. The number of hydrogen-bond donors (Lipinski definition) is 2. The minimum atomic E-state index is -0.293. The lowest BCUT2D eigenvalue weighted by molar-refractivity contribution is 0.0956. The van der Waals surface area contributed by atoms with E-state index in [0.29, 0.717) is 33.4 Å². The highest BCUT2D eigenvalue weighted by atomic mass is 35.5. The highest BCUT2D eigenvalue weighted by Crippen LogP contribution is 2.38. The molecule has 0 radical (unpaired) electrons. The van der Waals surface area contributed by atoms with Crippen molar-refractivity contribution in [2.75, 3.05) is 12.4 Å². The summed E-state index contributed by atoms with van der Waals surface area (Å²) in [5.74, 6) is -0.533. The number of aryl methyl sites for hydroxylation is 1. The number of nitrogens with one attached hydrogen (secondary N) is 2. The van der Waals surface area contributed by atoms with Gasteiger partial charge in [-0.2, -0.15) is 5.10 Å². The standard InChI is InChI=1S/C26H20Cl2N4O2/c1-29-26(34)23-20-13-7-15-6-10-17(30-25(33)19-4-2-3-5-22(19)28)14-21(15)24(20)32(31-23)18-11-8-16(27)9-12-18/h2-6,8-12,14H,7,13H2,1H3,(H,29,34)(H,30,33). The van der Waals surface area contributed by atoms with Gasteiger partial charge in [0, 0.05) is 28.9 Å². The van der Waals surface area contributed by atoms with E-state index in [0.717, 1.165) is 34.5 Å². The molecule has 6 nitrogen and oxygen atoms in total. The van der Waals surface area contributed by atoms with E-state index in [2.05, 4.69) is 15.7 Å². The molecule has 3 aromatic carbocycles. The largest absolute Gasteiger partial charge is 0.354 e. The Morgan fingerprint density at radius 1 is 0.941 bits per heavy atom. The lowest BCUT2D eigenvalue weighted by atomic mass is 9.88. The van der Waals surface area contributed by atoms with Crippen molar-refractivity contribution in [1.29, 1.82) is 0 Å². The molecule has 2 amide bonds. The summed E-state index contributed by atoms with van der Waals surface area (Å²) >= 11 is 12.3. The molecule has 5 rings (SSSR count). The third-order valence-corrected chi connectivity index (χ3v) is 6.46. The second kappa shape index (κ2) is 8.97. The number of aromatic nitrogens is 2. The van der Waals surface area contributed by atoms with Crippen LogP contribution in [0.15, 0.2) is 66.7 Å². The van der Waals surface area contributed by atoms with E-state index in [1.165, 1.54) is 0 Å². The van der Waals surface area contributed by atoms with Gasteiger partial charge >= 0.3 is 0 Å². The first-order valence-electron chi connectivity index (χ1n) is 10.8. The first-order chi connectivity index (χ1) is 16.5. The molecule has 2 N–H and O–H groups in total. The van der Waals surface area contributed by atoms with Gasteiger partial charge in [-0.1, -0.05) is 41.4 Å². The van der Waals surface area contributed by atoms with E-state index in [9.17, 15) is 9.59 Å². The lowest BCUT2D eigenvalue weighted by Crippen LogP contribution is -2.20. The Morgan fingerprint density at radius 3 is 2.44 bits per heavy atom. The molecule has 0 saturated carbocycles. The summed E-state index contributed by atoms with van der Waals surface area (Å²) in [4.78, 5) is 25.4. The van der Waals surface area contributed by atoms with Crippen LogP contribution in [0.1, 0.15) is 32.0 Å². The summed E-state index contributed by atoms with van der Waals surface area (Å²) < 4.78 is 1.77. The van der Waals surface area contributed by atoms with Gasteiger partial charge in [0.1, 0.15) is 0 Å². The number of benzene rings is 3. The molecule has 0 atom stereocenters. The molecule has 170 valence electrons. The van der Waals surface area contributed by atoms with Gasteiger partial charge in [-0.05, 0) is 66.9 Å². The highest BCUT2D eigenvalue weighted by molar-refractivity contribution is 6.34. The monoisotopic (exact) mass is 490 g/mol. The van der Waals surface area contributed by atoms with Crippen molar-refractivity contribution in [1.82, 2.24) is 15.1 Å². The molecule has 1 aliphatic carbocycles. The smallest absolute Gasteiger partial charge is 0.271 e. The molecule has 0 bridgehead atoms. The van der Waals surface area contributed by atoms with Gasteiger partial charge in [-0.25, -0.2) is 4.68 Å². The molecule has 0 unspecified atom stereocenters. The molecule has 0 fully saturated rings. The zero-order valence-electron chi connectivity index (χ0n) is 18.2. The Bertz CT molecular complexity index is 1430. The molecule has 8 heteroatoms. The Morgan fingerprint density at radius 2 is 1.71 bits per heavy atom. The van der Waals surface area contributed by atoms with Crippen molar-refractivity contribution < 1.29 is 9.59 Å². The molecule has 1 heterocycles. The van der Waals surface area contributed by atoms with Crippen LogP contribution in [0, 0.1) is 0 Å². The predicted octanol–water partition coefficient (Wildman–Crippen LogP) is 5.56. The number of carbonyl (C=O) groups excluding carboxylic acids is 2. The van der Waals surface area contributed by atoms with Crippen molar-refractivity contribution >= 4 is 40.7 Å². The summed E-state index contributed by atoms with van der Waals surface area (Å²) in [6.45, 7) is 0. The van der Waals surface area contributed by atoms with Gasteiger partial charge in [0.15, 0.2) is 5.69 Å². The number of rotatable bonds is 4. The molecule has 34 heavy (non-hydrogen) atoms. The predicted molar refractivity (Wildman–Crippen MR) is 134 cm³/mol. The van der Waals surface area contributed by atoms with Crippen LogP contribution >= 0.6 is 23.2 Å². The first-order valence-corrected chi connectivity index (χ1v) is 11.5. The Labute approximate surface area is 206 Å². The normalized spacial score (nSPS) is 12.0. The SMILES string of the molecule is CNC(=O)c1nn(-c2ccc(Cl)cc2)c2c1CCc1ccc(NC(=O)c3ccccc3Cl)cc1-2. The van der Waals surface area contributed by atoms with Crippen LogP contribution in [0.4, 0.5) is 5.69 Å². The maximum Gasteiger partial charge on any atom is 0.271 e. The van der Waals surface area contributed by atoms with Crippen LogP contribution in [0.25, 0.3) is 16.9 Å². The van der Waals surface area contributed by atoms with Crippen LogP contribution in [0.3, 0.4) is 0 Å². The van der Waals surface area contributed by atoms with Crippen LogP contribution in [-0.2, 0) is 12.8 Å². The molecule has 1 aliphatic rings. The molecular formula is C26H20Cl2N4O2. The second-order valence-electron chi connectivity index (χ2n) is 7.95. The van der Waals surface area contributed by atoms with Crippen molar-refractivity contribution in [2.24, 2.45) is 0 Å². The molecule has 0 aliphatic heterocycles. The van der Waals surface area contributed by atoms with Crippen molar-refractivity contribution in [3.8, 4) is 16.9 Å². The lowest BCUT2D eigenvalue weighted by Gasteiger charge is -2.20. The van der Waals surface area contributed by atoms with Gasteiger partial charge in [-0.3, -0.25) is 9.59 Å². The van der Waals surface area contributed by atoms with Gasteiger partial charge in [0.25, 0.3) is 11.8 Å². The van der Waals surface area contributed by atoms with Gasteiger partial charge in [0.2, 0.25) is 0 Å². The summed E-state index contributed by atoms with van der Waals surface area (Å²) in [6.07, 6.45) is 1.45. The highest BCUT2D eigenvalue weighted by Gasteiger charge is 2.29. The van der Waals surface area contributed by atoms with Crippen LogP contribution in [0.5, 0.6) is 0 Å². The Kier molecular flexibility index (Phi) is 5.86. The molecule has 1 aromatic heterocycles. The summed E-state index contributed by atoms with van der Waals surface area (Å²) in [5.41, 5.74) is 5.93. The van der Waals surface area contributed by atoms with Crippen LogP contribution < -0.4 is 10.6 Å². The van der Waals surface area contributed by atoms with E-state index in [-0.39, 0.29) is 11.8 Å². The van der Waals surface area contributed by atoms with E-state index >= 15 is 0 Å². The van der Waals surface area contributed by atoms with Gasteiger partial charge in [0.05, 0.1) is 22.0 Å². The number of carbonyl (C=O) groups is 2. The Hall–Kier alpha value is -3.61. The molecular weight excluding hydrogens is 471 g/mol. The Balaban J connectivity index is 1.61. The van der Waals surface area contributed by atoms with Crippen molar-refractivity contribution in [2.45, 2.75) is 12.8 Å². The average Bonchev–Trinajstić information content (AvgIpc) is 3.24. The number of fused-ring (bicyclic) bond motifs is 3. The quantitative estimate of drug-likeness (QED) is 0.393. The second-order valence-corrected chi connectivity index (χ2v) is 8.79. The number of nitrogens with zero attached hydrogens (tertiary/aromatic N) is 2. The first kappa shape index (κ1) is 22.2. The summed E-state index contributed by atoms with van der Waals surface area (Å²) in [7, 11) is 1.59. The van der Waals surface area contributed by atoms with Gasteiger partial charge < -0.3 is 10.6 Å². The van der Waals surface area contributed by atoms with E-state index < -0.39 is 0 Å². The zero-order chi connectivity index (χ0) is 23.8. The molecule has 0 saturated heterocycles. The minimum absolute atomic E-state index is 0.240. The summed E-state index contributed by atoms with van der Waals surface area (Å²) in [6, 6.07) is 20.0. The third-order valence-electron chi connectivity index (χ3n) is 5.88. The fourth-order valence-electron chi connectivity index (χ4n) is 4.23. The van der Waals surface area contributed by atoms with Gasteiger partial charge in [-0.15, -0.1) is 0 Å². The molecule has 0 spiro atoms. The van der Waals surface area contributed by atoms with Crippen LogP contribution in [-0.4, -0.2) is 28.6 Å². The zero-order valence-corrected chi connectivity index (χ0v) is 19.7. The molecule has 4 aromatic rings. The number of halogens is 2. The average molecular weight is 491 g/mol. The number of hydrogen-bond acceptors (Lipinski definition) is 3. The third kappa shape index (κ3) is 3.95. The number of anilines is 1. The van der Waals surface area contributed by atoms with E-state index in [4.69, 9.17) is 23.2 Å². The fourth-order valence-corrected chi connectivity index (χ4v) is 4.58. The maximum absolute atomic E-state index is 12.8. The van der Waals surface area contributed by atoms with Crippen molar-refractivity contribution in [3.05, 3.63) is 99.2 Å². The minimum Gasteiger partial charge on any atom is -0.354 e. The van der Waals surface area contributed by atoms with Crippen LogP contribution in [0.2, 0.25) is 10.0 Å². The topological polar surface area (TPSA) is 76.0 Å². The maximum atomic E-state index is 12.8. The summed E-state index contributed by atoms with van der Waals surface area (Å²) in [5, 5.41) is 11.3. The fraction of sp³-hybridized carbons (Fsp3) is 0.115. The van der Waals surface area contributed by atoms with E-state index in [1.54, 1.807) is 48.1 Å². The van der Waals surface area contributed by atoms with Crippen molar-refractivity contribution in [3.63, 3.8) is 0 Å².